The Bertz CT molecular complexity index is 1270. The summed E-state index contributed by atoms with van der Waals surface area (Å²) in [5.41, 5.74) is 1.77. The Kier molecular flexibility index (Phi) is 9.08. The van der Waals surface area contributed by atoms with Crippen LogP contribution < -0.4 is 0 Å². The number of piperidine rings is 1. The number of fused-ring (bicyclic) bond motifs is 1. The molecule has 10 nitrogen and oxygen atoms in total. The fourth-order valence-corrected chi connectivity index (χ4v) is 5.80. The minimum absolute atomic E-state index is 0.0918. The van der Waals surface area contributed by atoms with Crippen LogP contribution >= 0.6 is 0 Å². The molecule has 1 aromatic carbocycles. The van der Waals surface area contributed by atoms with E-state index in [1.807, 2.05) is 36.4 Å². The van der Waals surface area contributed by atoms with Gasteiger partial charge in [0, 0.05) is 37.4 Å². The molecule has 3 aromatic rings. The van der Waals surface area contributed by atoms with Gasteiger partial charge in [-0.2, -0.15) is 0 Å². The average Bonchev–Trinajstić information content (AvgIpc) is 3.38. The molecule has 1 spiro atoms. The summed E-state index contributed by atoms with van der Waals surface area (Å²) in [5, 5.41) is 26.0. The molecule has 0 aliphatic carbocycles. The summed E-state index contributed by atoms with van der Waals surface area (Å²) in [4.78, 5) is 34.8. The van der Waals surface area contributed by atoms with Crippen molar-refractivity contribution in [3.05, 3.63) is 60.0 Å². The van der Waals surface area contributed by atoms with Crippen LogP contribution in [0, 0.1) is 5.41 Å². The summed E-state index contributed by atoms with van der Waals surface area (Å²) < 4.78 is 11.0. The van der Waals surface area contributed by atoms with Crippen molar-refractivity contribution in [1.29, 1.82) is 0 Å². The molecule has 2 fully saturated rings. The molecule has 2 aliphatic rings. The first-order valence-electron chi connectivity index (χ1n) is 14.2. The maximum atomic E-state index is 13.3. The molecule has 10 heteroatoms. The third-order valence-electron chi connectivity index (χ3n) is 8.38. The van der Waals surface area contributed by atoms with Crippen LogP contribution in [0.15, 0.2) is 53.3 Å². The summed E-state index contributed by atoms with van der Waals surface area (Å²) in [6.07, 6.45) is 4.98. The highest BCUT2D eigenvalue weighted by molar-refractivity contribution is 5.86. The van der Waals surface area contributed by atoms with E-state index in [9.17, 15) is 19.8 Å². The number of hydrogen-bond donors (Lipinski definition) is 2. The number of para-hydroxylation sites is 1. The third kappa shape index (κ3) is 6.68. The molecule has 5 rings (SSSR count). The van der Waals surface area contributed by atoms with Gasteiger partial charge in [-0.05, 0) is 75.0 Å². The van der Waals surface area contributed by atoms with Gasteiger partial charge in [-0.25, -0.2) is 0 Å². The number of rotatable bonds is 4. The van der Waals surface area contributed by atoms with Crippen LogP contribution in [0.4, 0.5) is 0 Å². The standard InChI is InChI=1S/C30H38N4O6/c35-25-9-16-34(28(37)19-24-23-5-1-2-6-27(23)40-32-24)15-4-3-10-30(29(38)39-21-26(25)36)11-17-33(18-12-30)20-22-7-13-31-14-8-22/h1-2,5-8,13-14,25-26,35-36H,3-4,9-12,15-21H2/t25-,26+/m0/s1. The van der Waals surface area contributed by atoms with Crippen LogP contribution in [-0.2, 0) is 27.3 Å². The van der Waals surface area contributed by atoms with Crippen LogP contribution in [0.5, 0.6) is 0 Å². The lowest BCUT2D eigenvalue weighted by atomic mass is 9.74. The topological polar surface area (TPSA) is 129 Å². The molecule has 2 aliphatic heterocycles. The number of nitrogens with zero attached hydrogens (tertiary/aromatic N) is 4. The summed E-state index contributed by atoms with van der Waals surface area (Å²) >= 11 is 0. The third-order valence-corrected chi connectivity index (χ3v) is 8.38. The van der Waals surface area contributed by atoms with E-state index in [1.54, 1.807) is 17.3 Å². The second kappa shape index (κ2) is 12.9. The molecule has 2 aromatic heterocycles. The van der Waals surface area contributed by atoms with E-state index in [0.717, 1.165) is 37.9 Å². The average molecular weight is 551 g/mol. The van der Waals surface area contributed by atoms with E-state index in [1.165, 1.54) is 5.56 Å². The molecular weight excluding hydrogens is 512 g/mol. The van der Waals surface area contributed by atoms with E-state index < -0.39 is 17.6 Å². The number of ether oxygens (including phenoxy) is 1. The molecule has 40 heavy (non-hydrogen) atoms. The van der Waals surface area contributed by atoms with E-state index in [4.69, 9.17) is 9.26 Å². The lowest BCUT2D eigenvalue weighted by molar-refractivity contribution is -0.165. The van der Waals surface area contributed by atoms with E-state index in [-0.39, 0.29) is 37.9 Å². The molecule has 0 bridgehead atoms. The number of cyclic esters (lactones) is 1. The minimum atomic E-state index is -1.22. The largest absolute Gasteiger partial charge is 0.462 e. The van der Waals surface area contributed by atoms with Gasteiger partial charge in [0.1, 0.15) is 18.4 Å². The van der Waals surface area contributed by atoms with Gasteiger partial charge in [-0.15, -0.1) is 0 Å². The molecule has 0 unspecified atom stereocenters. The molecular formula is C30H38N4O6. The molecule has 0 saturated carbocycles. The quantitative estimate of drug-likeness (QED) is 0.471. The van der Waals surface area contributed by atoms with Gasteiger partial charge in [0.25, 0.3) is 0 Å². The highest BCUT2D eigenvalue weighted by Crippen LogP contribution is 2.38. The molecule has 2 saturated heterocycles. The van der Waals surface area contributed by atoms with Gasteiger partial charge < -0.3 is 24.4 Å². The number of carbonyl (C=O) groups is 2. The molecule has 1 amide bonds. The maximum absolute atomic E-state index is 13.3. The van der Waals surface area contributed by atoms with Gasteiger partial charge in [0.15, 0.2) is 5.58 Å². The lowest BCUT2D eigenvalue weighted by Gasteiger charge is -2.40. The Hall–Kier alpha value is -3.34. The molecule has 4 heterocycles. The van der Waals surface area contributed by atoms with Crippen LogP contribution in [-0.4, -0.2) is 87.0 Å². The van der Waals surface area contributed by atoms with Gasteiger partial charge in [0.2, 0.25) is 5.91 Å². The number of aliphatic hydroxyl groups is 2. The zero-order valence-corrected chi connectivity index (χ0v) is 22.8. The number of amides is 1. The Morgan fingerprint density at radius 3 is 2.55 bits per heavy atom. The number of pyridine rings is 1. The van der Waals surface area contributed by atoms with Crippen molar-refractivity contribution in [3.63, 3.8) is 0 Å². The van der Waals surface area contributed by atoms with E-state index >= 15 is 0 Å². The van der Waals surface area contributed by atoms with Crippen LogP contribution in [0.1, 0.15) is 49.8 Å². The zero-order chi connectivity index (χ0) is 28.0. The van der Waals surface area contributed by atoms with Crippen molar-refractivity contribution in [2.45, 2.75) is 63.7 Å². The van der Waals surface area contributed by atoms with Crippen molar-refractivity contribution < 1.29 is 29.1 Å². The second-order valence-corrected chi connectivity index (χ2v) is 11.1. The van der Waals surface area contributed by atoms with Crippen molar-refractivity contribution in [2.24, 2.45) is 5.41 Å². The number of hydrogen-bond acceptors (Lipinski definition) is 9. The zero-order valence-electron chi connectivity index (χ0n) is 22.8. The fraction of sp³-hybridized carbons (Fsp3) is 0.533. The Labute approximate surface area is 233 Å². The van der Waals surface area contributed by atoms with Crippen molar-refractivity contribution in [2.75, 3.05) is 32.8 Å². The Balaban J connectivity index is 1.24. The predicted molar refractivity (Wildman–Crippen MR) is 147 cm³/mol. The predicted octanol–water partition coefficient (Wildman–Crippen LogP) is 2.72. The van der Waals surface area contributed by atoms with Gasteiger partial charge in [0.05, 0.1) is 17.9 Å². The molecule has 214 valence electrons. The minimum Gasteiger partial charge on any atom is -0.462 e. The number of aromatic nitrogens is 2. The van der Waals surface area contributed by atoms with E-state index in [2.05, 4.69) is 15.0 Å². The maximum Gasteiger partial charge on any atom is 0.312 e. The second-order valence-electron chi connectivity index (χ2n) is 11.1. The van der Waals surface area contributed by atoms with Gasteiger partial charge in [-0.3, -0.25) is 19.5 Å². The van der Waals surface area contributed by atoms with Crippen molar-refractivity contribution >= 4 is 22.8 Å². The van der Waals surface area contributed by atoms with Crippen LogP contribution in [0.25, 0.3) is 11.0 Å². The molecule has 0 radical (unpaired) electrons. The molecule has 2 atom stereocenters. The van der Waals surface area contributed by atoms with Gasteiger partial charge >= 0.3 is 5.97 Å². The van der Waals surface area contributed by atoms with Crippen molar-refractivity contribution in [3.8, 4) is 0 Å². The normalized spacial score (nSPS) is 23.2. The lowest BCUT2D eigenvalue weighted by Crippen LogP contribution is -2.45. The number of likely N-dealkylation sites (tertiary alicyclic amines) is 1. The first-order chi connectivity index (χ1) is 19.4. The smallest absolute Gasteiger partial charge is 0.312 e. The number of esters is 1. The highest BCUT2D eigenvalue weighted by Gasteiger charge is 2.42. The number of aliphatic hydroxyl groups excluding tert-OH is 2. The fourth-order valence-electron chi connectivity index (χ4n) is 5.80. The van der Waals surface area contributed by atoms with Crippen LogP contribution in [0.2, 0.25) is 0 Å². The Morgan fingerprint density at radius 2 is 1.75 bits per heavy atom. The molecule has 2 N–H and O–H groups in total. The SMILES string of the molecule is O=C(Cc1noc2ccccc12)N1CCCCC2(CCN(Cc3ccncc3)CC2)C(=O)OC[C@@H](O)[C@@H](O)CC1. The summed E-state index contributed by atoms with van der Waals surface area (Å²) in [6, 6.07) is 11.4. The monoisotopic (exact) mass is 550 g/mol. The number of benzene rings is 1. The van der Waals surface area contributed by atoms with E-state index in [0.29, 0.717) is 37.1 Å². The summed E-state index contributed by atoms with van der Waals surface area (Å²) in [5.74, 6) is -0.408. The first kappa shape index (κ1) is 28.2. The summed E-state index contributed by atoms with van der Waals surface area (Å²) in [7, 11) is 0. The van der Waals surface area contributed by atoms with Crippen LogP contribution in [0.3, 0.4) is 0 Å². The van der Waals surface area contributed by atoms with Gasteiger partial charge in [-0.1, -0.05) is 23.7 Å². The first-order valence-corrected chi connectivity index (χ1v) is 14.2. The summed E-state index contributed by atoms with van der Waals surface area (Å²) in [6.45, 7) is 2.85. The highest BCUT2D eigenvalue weighted by atomic mass is 16.5. The number of carbonyl (C=O) groups excluding carboxylic acids is 2. The Morgan fingerprint density at radius 1 is 0.975 bits per heavy atom. The van der Waals surface area contributed by atoms with Crippen molar-refractivity contribution in [1.82, 2.24) is 19.9 Å².